The quantitative estimate of drug-likeness (QED) is 0.867. The van der Waals surface area contributed by atoms with Crippen LogP contribution in [0.25, 0.3) is 0 Å². The molecule has 2 heterocycles. The molecule has 0 amide bonds. The van der Waals surface area contributed by atoms with Crippen molar-refractivity contribution in [2.24, 2.45) is 0 Å². The topological polar surface area (TPSA) is 64.9 Å². The summed E-state index contributed by atoms with van der Waals surface area (Å²) in [5, 5.41) is 1.46. The standard InChI is InChI=1S/C11H13N3OS/c1-6-8(3)15-11(14-6)16-10-5-4-9(12)7(2)13-10/h4-5H,12H2,1-3H3. The molecular weight excluding hydrogens is 222 g/mol. The van der Waals surface area contributed by atoms with Gasteiger partial charge in [0.2, 0.25) is 0 Å². The first kappa shape index (κ1) is 11.0. The Bertz CT molecular complexity index is 502. The van der Waals surface area contributed by atoms with E-state index in [2.05, 4.69) is 9.97 Å². The van der Waals surface area contributed by atoms with Crippen LogP contribution < -0.4 is 5.73 Å². The first-order valence-electron chi connectivity index (χ1n) is 4.91. The van der Waals surface area contributed by atoms with Gasteiger partial charge in [-0.2, -0.15) is 0 Å². The van der Waals surface area contributed by atoms with Crippen molar-refractivity contribution in [2.45, 2.75) is 31.0 Å². The van der Waals surface area contributed by atoms with E-state index in [1.54, 1.807) is 0 Å². The molecule has 0 aliphatic rings. The van der Waals surface area contributed by atoms with E-state index in [9.17, 15) is 0 Å². The van der Waals surface area contributed by atoms with Crippen LogP contribution in [0.4, 0.5) is 5.69 Å². The highest BCUT2D eigenvalue weighted by atomic mass is 32.2. The highest BCUT2D eigenvalue weighted by Crippen LogP contribution is 2.27. The Balaban J connectivity index is 2.23. The second-order valence-corrected chi connectivity index (χ2v) is 4.52. The molecule has 2 aromatic heterocycles. The van der Waals surface area contributed by atoms with Crippen LogP contribution in [0.2, 0.25) is 0 Å². The predicted molar refractivity (Wildman–Crippen MR) is 63.5 cm³/mol. The van der Waals surface area contributed by atoms with Gasteiger partial charge in [-0.3, -0.25) is 0 Å². The van der Waals surface area contributed by atoms with E-state index in [0.29, 0.717) is 10.9 Å². The van der Waals surface area contributed by atoms with Gasteiger partial charge in [0.1, 0.15) is 10.8 Å². The van der Waals surface area contributed by atoms with Crippen molar-refractivity contribution in [3.8, 4) is 0 Å². The molecule has 2 aromatic rings. The summed E-state index contributed by atoms with van der Waals surface area (Å²) in [5.74, 6) is 0.842. The summed E-state index contributed by atoms with van der Waals surface area (Å²) in [6.07, 6.45) is 0. The Kier molecular flexibility index (Phi) is 2.87. The average molecular weight is 235 g/mol. The zero-order valence-electron chi connectivity index (χ0n) is 9.44. The van der Waals surface area contributed by atoms with Gasteiger partial charge in [-0.15, -0.1) is 0 Å². The minimum atomic E-state index is 0.617. The summed E-state index contributed by atoms with van der Waals surface area (Å²) < 4.78 is 5.47. The predicted octanol–water partition coefficient (Wildman–Crippen LogP) is 2.73. The van der Waals surface area contributed by atoms with E-state index in [1.807, 2.05) is 32.9 Å². The molecule has 0 spiro atoms. The molecule has 2 rings (SSSR count). The lowest BCUT2D eigenvalue weighted by molar-refractivity contribution is 0.431. The van der Waals surface area contributed by atoms with Gasteiger partial charge in [0.05, 0.1) is 17.1 Å². The summed E-state index contributed by atoms with van der Waals surface area (Å²) >= 11 is 1.40. The van der Waals surface area contributed by atoms with Crippen LogP contribution >= 0.6 is 11.8 Å². The third-order valence-electron chi connectivity index (χ3n) is 2.30. The zero-order valence-corrected chi connectivity index (χ0v) is 10.3. The molecule has 0 saturated carbocycles. The molecule has 4 nitrogen and oxygen atoms in total. The fourth-order valence-corrected chi connectivity index (χ4v) is 2.03. The van der Waals surface area contributed by atoms with Crippen molar-refractivity contribution in [1.82, 2.24) is 9.97 Å². The largest absolute Gasteiger partial charge is 0.436 e. The monoisotopic (exact) mass is 235 g/mol. The zero-order chi connectivity index (χ0) is 11.7. The molecule has 16 heavy (non-hydrogen) atoms. The van der Waals surface area contributed by atoms with Crippen LogP contribution in [0.5, 0.6) is 0 Å². The van der Waals surface area contributed by atoms with Crippen LogP contribution in [0, 0.1) is 20.8 Å². The van der Waals surface area contributed by atoms with Gasteiger partial charge in [-0.25, -0.2) is 9.97 Å². The van der Waals surface area contributed by atoms with Crippen molar-refractivity contribution in [2.75, 3.05) is 5.73 Å². The third kappa shape index (κ3) is 2.19. The van der Waals surface area contributed by atoms with Crippen molar-refractivity contribution in [1.29, 1.82) is 0 Å². The van der Waals surface area contributed by atoms with Crippen LogP contribution in [-0.2, 0) is 0 Å². The van der Waals surface area contributed by atoms with E-state index in [1.165, 1.54) is 11.8 Å². The maximum atomic E-state index is 5.70. The lowest BCUT2D eigenvalue weighted by atomic mass is 10.3. The number of nitrogens with zero attached hydrogens (tertiary/aromatic N) is 2. The third-order valence-corrected chi connectivity index (χ3v) is 3.09. The number of hydrogen-bond donors (Lipinski definition) is 1. The Morgan fingerprint density at radius 3 is 2.44 bits per heavy atom. The number of anilines is 1. The summed E-state index contributed by atoms with van der Waals surface area (Å²) in [6.45, 7) is 5.70. The minimum Gasteiger partial charge on any atom is -0.436 e. The normalized spacial score (nSPS) is 10.7. The lowest BCUT2D eigenvalue weighted by Crippen LogP contribution is -1.93. The lowest BCUT2D eigenvalue weighted by Gasteiger charge is -2.00. The van der Waals surface area contributed by atoms with Gasteiger partial charge in [0, 0.05) is 0 Å². The van der Waals surface area contributed by atoms with Crippen LogP contribution in [0.3, 0.4) is 0 Å². The molecule has 0 fully saturated rings. The van der Waals surface area contributed by atoms with E-state index in [0.717, 1.165) is 22.2 Å². The molecule has 0 radical (unpaired) electrons. The van der Waals surface area contributed by atoms with Crippen molar-refractivity contribution < 1.29 is 4.42 Å². The molecule has 0 bridgehead atoms. The summed E-state index contributed by atoms with van der Waals surface area (Å²) in [6, 6.07) is 3.70. The highest BCUT2D eigenvalue weighted by Gasteiger charge is 2.08. The molecule has 2 N–H and O–H groups in total. The molecule has 0 saturated heterocycles. The smallest absolute Gasteiger partial charge is 0.262 e. The molecule has 84 valence electrons. The number of oxazole rings is 1. The minimum absolute atomic E-state index is 0.617. The Labute approximate surface area is 98.3 Å². The number of rotatable bonds is 2. The first-order valence-corrected chi connectivity index (χ1v) is 5.73. The molecule has 5 heteroatoms. The van der Waals surface area contributed by atoms with Crippen LogP contribution in [-0.4, -0.2) is 9.97 Å². The molecule has 0 atom stereocenters. The summed E-state index contributed by atoms with van der Waals surface area (Å²) in [5.41, 5.74) is 8.13. The SMILES string of the molecule is Cc1nc(Sc2nc(C)c(C)o2)ccc1N. The maximum absolute atomic E-state index is 5.70. The first-order chi connectivity index (χ1) is 7.56. The van der Waals surface area contributed by atoms with E-state index in [-0.39, 0.29) is 0 Å². The molecule has 0 unspecified atom stereocenters. The number of nitrogens with two attached hydrogens (primary N) is 1. The van der Waals surface area contributed by atoms with Crippen molar-refractivity contribution in [3.05, 3.63) is 29.3 Å². The number of nitrogen functional groups attached to an aromatic ring is 1. The van der Waals surface area contributed by atoms with Gasteiger partial charge in [-0.1, -0.05) is 0 Å². The Hall–Kier alpha value is -1.49. The second-order valence-electron chi connectivity index (χ2n) is 3.55. The number of pyridine rings is 1. The highest BCUT2D eigenvalue weighted by molar-refractivity contribution is 7.99. The van der Waals surface area contributed by atoms with E-state index in [4.69, 9.17) is 10.2 Å². The van der Waals surface area contributed by atoms with Crippen LogP contribution in [0.1, 0.15) is 17.1 Å². The van der Waals surface area contributed by atoms with Crippen molar-refractivity contribution >= 4 is 17.4 Å². The average Bonchev–Trinajstić information content (AvgIpc) is 2.52. The van der Waals surface area contributed by atoms with Gasteiger partial charge in [0.15, 0.2) is 0 Å². The fourth-order valence-electron chi connectivity index (χ4n) is 1.18. The molecule has 0 aliphatic carbocycles. The summed E-state index contributed by atoms with van der Waals surface area (Å²) in [7, 11) is 0. The van der Waals surface area contributed by atoms with Gasteiger partial charge >= 0.3 is 0 Å². The maximum Gasteiger partial charge on any atom is 0.262 e. The number of aromatic nitrogens is 2. The Morgan fingerprint density at radius 1 is 1.12 bits per heavy atom. The van der Waals surface area contributed by atoms with Crippen LogP contribution in [0.15, 0.2) is 26.8 Å². The molecular formula is C11H13N3OS. The second kappa shape index (κ2) is 4.17. The molecule has 0 aromatic carbocycles. The van der Waals surface area contributed by atoms with Gasteiger partial charge < -0.3 is 10.2 Å². The van der Waals surface area contributed by atoms with Gasteiger partial charge in [-0.05, 0) is 44.7 Å². The van der Waals surface area contributed by atoms with E-state index >= 15 is 0 Å². The Morgan fingerprint density at radius 2 is 1.88 bits per heavy atom. The molecule has 0 aliphatic heterocycles. The summed E-state index contributed by atoms with van der Waals surface area (Å²) in [4.78, 5) is 8.63. The van der Waals surface area contributed by atoms with Crippen molar-refractivity contribution in [3.63, 3.8) is 0 Å². The fraction of sp³-hybridized carbons (Fsp3) is 0.273. The van der Waals surface area contributed by atoms with E-state index < -0.39 is 0 Å². The number of hydrogen-bond acceptors (Lipinski definition) is 5. The number of aryl methyl sites for hydroxylation is 3. The van der Waals surface area contributed by atoms with Gasteiger partial charge in [0.25, 0.3) is 5.22 Å².